The van der Waals surface area contributed by atoms with Gasteiger partial charge in [-0.3, -0.25) is 15.0 Å². The number of carbonyl (C=O) groups excluding carboxylic acids is 2. The van der Waals surface area contributed by atoms with Gasteiger partial charge in [-0.1, -0.05) is 17.7 Å². The molecule has 0 radical (unpaired) electrons. The lowest BCUT2D eigenvalue weighted by molar-refractivity contribution is -0.124. The number of hydrogen-bond acceptors (Lipinski definition) is 5. The third kappa shape index (κ3) is 5.97. The van der Waals surface area contributed by atoms with Crippen LogP contribution in [0.25, 0.3) is 0 Å². The van der Waals surface area contributed by atoms with Gasteiger partial charge in [-0.05, 0) is 33.0 Å². The lowest BCUT2D eigenvalue weighted by atomic mass is 10.2. The first-order valence-electron chi connectivity index (χ1n) is 7.00. The van der Waals surface area contributed by atoms with E-state index in [1.165, 1.54) is 12.1 Å². The van der Waals surface area contributed by atoms with Crippen LogP contribution in [0.4, 0.5) is 4.79 Å². The van der Waals surface area contributed by atoms with Gasteiger partial charge in [0, 0.05) is 13.1 Å². The molecular weight excluding hydrogens is 320 g/mol. The minimum absolute atomic E-state index is 0.126. The Hall–Kier alpha value is -1.97. The van der Waals surface area contributed by atoms with Crippen molar-refractivity contribution in [3.63, 3.8) is 0 Å². The van der Waals surface area contributed by atoms with Crippen molar-refractivity contribution < 1.29 is 18.0 Å². The maximum atomic E-state index is 12.1. The molecule has 3 amide bonds. The molecule has 0 saturated carbocycles. The highest BCUT2D eigenvalue weighted by Crippen LogP contribution is 2.09. The van der Waals surface area contributed by atoms with Crippen LogP contribution in [0, 0.1) is 6.92 Å². The van der Waals surface area contributed by atoms with Crippen molar-refractivity contribution in [2.75, 3.05) is 20.1 Å². The molecule has 23 heavy (non-hydrogen) atoms. The largest absolute Gasteiger partial charge is 0.351 e. The van der Waals surface area contributed by atoms with E-state index >= 15 is 0 Å². The number of likely N-dealkylation sites (N-methyl/N-ethyl adjacent to an activating group) is 1. The van der Waals surface area contributed by atoms with Gasteiger partial charge >= 0.3 is 6.03 Å². The minimum Gasteiger partial charge on any atom is -0.351 e. The molecule has 0 saturated heterocycles. The molecular formula is C14H22N4O4S. The summed E-state index contributed by atoms with van der Waals surface area (Å²) < 4.78 is 26.7. The van der Waals surface area contributed by atoms with Crippen LogP contribution in [0.2, 0.25) is 0 Å². The van der Waals surface area contributed by atoms with E-state index in [0.29, 0.717) is 6.54 Å². The molecule has 8 nitrogen and oxygen atoms in total. The smallest absolute Gasteiger partial charge is 0.318 e. The highest BCUT2D eigenvalue weighted by Gasteiger charge is 2.20. The zero-order chi connectivity index (χ0) is 17.6. The molecule has 0 bridgehead atoms. The van der Waals surface area contributed by atoms with E-state index in [1.54, 1.807) is 31.0 Å². The van der Waals surface area contributed by atoms with Gasteiger partial charge in [0.1, 0.15) is 0 Å². The van der Waals surface area contributed by atoms with Crippen LogP contribution in [0.15, 0.2) is 29.2 Å². The highest BCUT2D eigenvalue weighted by atomic mass is 32.2. The number of carbonyl (C=O) groups is 2. The fourth-order valence-corrected chi connectivity index (χ4v) is 2.80. The molecule has 1 aromatic rings. The first-order valence-corrected chi connectivity index (χ1v) is 8.48. The summed E-state index contributed by atoms with van der Waals surface area (Å²) in [5, 5.41) is 1.98. The van der Waals surface area contributed by atoms with Crippen molar-refractivity contribution in [3.05, 3.63) is 29.8 Å². The highest BCUT2D eigenvalue weighted by molar-refractivity contribution is 7.89. The summed E-state index contributed by atoms with van der Waals surface area (Å²) in [6.07, 6.45) is 0. The Kier molecular flexibility index (Phi) is 6.67. The Morgan fingerprint density at radius 1 is 1.26 bits per heavy atom. The van der Waals surface area contributed by atoms with E-state index in [0.717, 1.165) is 5.56 Å². The van der Waals surface area contributed by atoms with Crippen molar-refractivity contribution in [3.8, 4) is 0 Å². The monoisotopic (exact) mass is 342 g/mol. The summed E-state index contributed by atoms with van der Waals surface area (Å²) in [5.41, 5.74) is 5.85. The molecule has 0 unspecified atom stereocenters. The molecule has 1 aromatic carbocycles. The normalized spacial score (nSPS) is 12.9. The zero-order valence-corrected chi connectivity index (χ0v) is 14.2. The molecule has 1 atom stereocenters. The number of nitrogens with two attached hydrogens (primary N) is 1. The summed E-state index contributed by atoms with van der Waals surface area (Å²) in [6.45, 7) is 3.88. The zero-order valence-electron chi connectivity index (χ0n) is 13.4. The molecule has 9 heteroatoms. The topological polar surface area (TPSA) is 122 Å². The second kappa shape index (κ2) is 8.04. The molecule has 0 heterocycles. The molecule has 128 valence electrons. The van der Waals surface area contributed by atoms with Crippen LogP contribution in [-0.4, -0.2) is 51.4 Å². The number of nitrogens with zero attached hydrogens (tertiary/aromatic N) is 1. The number of amides is 3. The summed E-state index contributed by atoms with van der Waals surface area (Å²) in [6, 6.07) is 4.96. The first-order chi connectivity index (χ1) is 10.6. The van der Waals surface area contributed by atoms with Gasteiger partial charge in [0.15, 0.2) is 0 Å². The predicted octanol–water partition coefficient (Wildman–Crippen LogP) is -0.211. The fourth-order valence-electron chi connectivity index (χ4n) is 1.78. The minimum atomic E-state index is -3.59. The van der Waals surface area contributed by atoms with Crippen LogP contribution in [0.3, 0.4) is 0 Å². The van der Waals surface area contributed by atoms with E-state index in [4.69, 9.17) is 5.73 Å². The SMILES string of the molecule is Cc1ccc(S(=O)(=O)NCCN(C)[C@H](C)C(=O)NC(N)=O)cc1. The van der Waals surface area contributed by atoms with Crippen LogP contribution in [0.1, 0.15) is 12.5 Å². The van der Waals surface area contributed by atoms with Gasteiger partial charge in [-0.25, -0.2) is 17.9 Å². The average Bonchev–Trinajstić information content (AvgIpc) is 2.45. The lowest BCUT2D eigenvalue weighted by Gasteiger charge is -2.23. The molecule has 0 aliphatic heterocycles. The van der Waals surface area contributed by atoms with E-state index in [9.17, 15) is 18.0 Å². The van der Waals surface area contributed by atoms with Gasteiger partial charge in [0.05, 0.1) is 10.9 Å². The van der Waals surface area contributed by atoms with Crippen molar-refractivity contribution >= 4 is 22.0 Å². The van der Waals surface area contributed by atoms with Crippen molar-refractivity contribution in [1.29, 1.82) is 0 Å². The van der Waals surface area contributed by atoms with Crippen LogP contribution >= 0.6 is 0 Å². The molecule has 0 aromatic heterocycles. The number of hydrogen-bond donors (Lipinski definition) is 3. The van der Waals surface area contributed by atoms with Gasteiger partial charge in [-0.2, -0.15) is 0 Å². The average molecular weight is 342 g/mol. The predicted molar refractivity (Wildman–Crippen MR) is 86.2 cm³/mol. The molecule has 0 fully saturated rings. The summed E-state index contributed by atoms with van der Waals surface area (Å²) in [4.78, 5) is 24.1. The second-order valence-electron chi connectivity index (χ2n) is 5.22. The third-order valence-corrected chi connectivity index (χ3v) is 4.85. The maximum Gasteiger partial charge on any atom is 0.318 e. The maximum absolute atomic E-state index is 12.1. The Balaban J connectivity index is 2.53. The van der Waals surface area contributed by atoms with Gasteiger partial charge in [0.2, 0.25) is 15.9 Å². The summed E-state index contributed by atoms with van der Waals surface area (Å²) in [5.74, 6) is -0.540. The Labute approximate surface area is 136 Å². The molecule has 0 aliphatic rings. The summed E-state index contributed by atoms with van der Waals surface area (Å²) >= 11 is 0. The number of nitrogens with one attached hydrogen (secondary N) is 2. The lowest BCUT2D eigenvalue weighted by Crippen LogP contribution is -2.48. The van der Waals surface area contributed by atoms with E-state index in [1.807, 2.05) is 12.2 Å². The number of rotatable bonds is 7. The first kappa shape index (κ1) is 19.1. The third-order valence-electron chi connectivity index (χ3n) is 3.37. The van der Waals surface area contributed by atoms with E-state index in [-0.39, 0.29) is 11.4 Å². The van der Waals surface area contributed by atoms with Crippen LogP contribution in [0.5, 0.6) is 0 Å². The molecule has 4 N–H and O–H groups in total. The standard InChI is InChI=1S/C14H22N4O4S/c1-10-4-6-12(7-5-10)23(21,22)16-8-9-18(3)11(2)13(19)17-14(15)20/h4-7,11,16H,8-9H2,1-3H3,(H3,15,17,19,20)/t11-/m1/s1. The number of urea groups is 1. The van der Waals surface area contributed by atoms with Crippen LogP contribution < -0.4 is 15.8 Å². The number of primary amides is 1. The Morgan fingerprint density at radius 2 is 1.83 bits per heavy atom. The van der Waals surface area contributed by atoms with Gasteiger partial charge in [-0.15, -0.1) is 0 Å². The molecule has 1 rings (SSSR count). The van der Waals surface area contributed by atoms with E-state index in [2.05, 4.69) is 4.72 Å². The number of sulfonamides is 1. The number of aryl methyl sites for hydroxylation is 1. The van der Waals surface area contributed by atoms with Crippen molar-refractivity contribution in [2.24, 2.45) is 5.73 Å². The van der Waals surface area contributed by atoms with Crippen molar-refractivity contribution in [2.45, 2.75) is 24.8 Å². The number of benzene rings is 1. The Bertz CT molecular complexity index is 658. The van der Waals surface area contributed by atoms with Crippen molar-refractivity contribution in [1.82, 2.24) is 14.9 Å². The fraction of sp³-hybridized carbons (Fsp3) is 0.429. The van der Waals surface area contributed by atoms with Gasteiger partial charge < -0.3 is 5.73 Å². The second-order valence-corrected chi connectivity index (χ2v) is 6.99. The summed E-state index contributed by atoms with van der Waals surface area (Å²) in [7, 11) is -1.94. The van der Waals surface area contributed by atoms with E-state index < -0.39 is 28.0 Å². The van der Waals surface area contributed by atoms with Gasteiger partial charge in [0.25, 0.3) is 0 Å². The molecule has 0 spiro atoms. The quantitative estimate of drug-likeness (QED) is 0.633. The van der Waals surface area contributed by atoms with Crippen LogP contribution in [-0.2, 0) is 14.8 Å². The number of imide groups is 1. The molecule has 0 aliphatic carbocycles. The Morgan fingerprint density at radius 3 is 2.35 bits per heavy atom.